The van der Waals surface area contributed by atoms with Crippen LogP contribution in [0, 0.1) is 10.1 Å². The van der Waals surface area contributed by atoms with Crippen molar-refractivity contribution in [2.45, 2.75) is 31.8 Å². The molecule has 1 aliphatic rings. The maximum atomic E-state index is 11.5. The number of non-ortho nitro benzene ring substituents is 1. The summed E-state index contributed by atoms with van der Waals surface area (Å²) in [5, 5.41) is 14.1. The molecule has 0 saturated heterocycles. The zero-order valence-electron chi connectivity index (χ0n) is 12.6. The Labute approximate surface area is 133 Å². The van der Waals surface area contributed by atoms with Gasteiger partial charge in [0, 0.05) is 12.1 Å². The number of ether oxygens (including phenoxy) is 1. The van der Waals surface area contributed by atoms with Crippen molar-refractivity contribution in [3.8, 4) is 0 Å². The summed E-state index contributed by atoms with van der Waals surface area (Å²) in [6.45, 7) is 0.293. The van der Waals surface area contributed by atoms with Crippen molar-refractivity contribution in [2.24, 2.45) is 5.16 Å². The van der Waals surface area contributed by atoms with Gasteiger partial charge in [-0.25, -0.2) is 4.79 Å². The van der Waals surface area contributed by atoms with E-state index in [4.69, 9.17) is 9.57 Å². The first-order valence-electron chi connectivity index (χ1n) is 7.41. The second-order valence-corrected chi connectivity index (χ2v) is 5.06. The van der Waals surface area contributed by atoms with E-state index in [2.05, 4.69) is 11.2 Å². The fraction of sp³-hybridized carbons (Fsp3) is 0.375. The fourth-order valence-corrected chi connectivity index (χ4v) is 2.09. The molecule has 0 fully saturated rings. The molecule has 0 saturated carbocycles. The Hall–Kier alpha value is -2.54. The van der Waals surface area contributed by atoms with E-state index >= 15 is 0 Å². The van der Waals surface area contributed by atoms with E-state index in [9.17, 15) is 14.9 Å². The topological polar surface area (TPSA) is 91.0 Å². The number of nitrogens with zero attached hydrogens (tertiary/aromatic N) is 2. The Balaban J connectivity index is 1.67. The lowest BCUT2D eigenvalue weighted by atomic mass is 10.1. The number of rotatable bonds is 7. The molecule has 0 bridgehead atoms. The highest BCUT2D eigenvalue weighted by atomic mass is 16.7. The van der Waals surface area contributed by atoms with Crippen molar-refractivity contribution in [1.82, 2.24) is 0 Å². The summed E-state index contributed by atoms with van der Waals surface area (Å²) in [6.07, 6.45) is 8.80. The first-order chi connectivity index (χ1) is 11.1. The summed E-state index contributed by atoms with van der Waals surface area (Å²) >= 11 is 0. The summed E-state index contributed by atoms with van der Waals surface area (Å²) in [5.41, 5.74) is 0.597. The van der Waals surface area contributed by atoms with Crippen LogP contribution in [0.3, 0.4) is 0 Å². The van der Waals surface area contributed by atoms with Crippen LogP contribution in [0.5, 0.6) is 0 Å². The lowest BCUT2D eigenvalue weighted by Crippen LogP contribution is -2.15. The minimum absolute atomic E-state index is 0.00643. The summed E-state index contributed by atoms with van der Waals surface area (Å²) in [7, 11) is 0. The number of carbonyl (C=O) groups is 1. The van der Waals surface area contributed by atoms with E-state index in [-0.39, 0.29) is 18.2 Å². The van der Waals surface area contributed by atoms with Crippen molar-refractivity contribution >= 4 is 17.9 Å². The van der Waals surface area contributed by atoms with Gasteiger partial charge in [0.15, 0.2) is 0 Å². The molecule has 2 rings (SSSR count). The molecule has 1 unspecified atom stereocenters. The summed E-state index contributed by atoms with van der Waals surface area (Å²) in [4.78, 5) is 26.2. The number of allylic oxidation sites excluding steroid dienone is 1. The van der Waals surface area contributed by atoms with Crippen LogP contribution < -0.4 is 0 Å². The maximum Gasteiger partial charge on any atom is 0.337 e. The van der Waals surface area contributed by atoms with E-state index in [0.717, 1.165) is 19.3 Å². The van der Waals surface area contributed by atoms with Crippen LogP contribution in [0.2, 0.25) is 0 Å². The van der Waals surface area contributed by atoms with E-state index in [1.54, 1.807) is 0 Å². The quantitative estimate of drug-likeness (QED) is 0.253. The second-order valence-electron chi connectivity index (χ2n) is 5.06. The molecule has 0 radical (unpaired) electrons. The smallest absolute Gasteiger partial charge is 0.337 e. The molecule has 7 nitrogen and oxygen atoms in total. The SMILES string of the molecule is O=C(CCOC1C=CCCC1)O/N=C/c1ccc([N+](=O)[O-])cc1. The van der Waals surface area contributed by atoms with Crippen molar-refractivity contribution < 1.29 is 19.3 Å². The molecule has 1 aliphatic carbocycles. The van der Waals surface area contributed by atoms with E-state index in [1.165, 1.54) is 30.5 Å². The monoisotopic (exact) mass is 318 g/mol. The molecule has 0 N–H and O–H groups in total. The van der Waals surface area contributed by atoms with Crippen molar-refractivity contribution in [3.63, 3.8) is 0 Å². The van der Waals surface area contributed by atoms with Crippen molar-refractivity contribution in [3.05, 3.63) is 52.1 Å². The van der Waals surface area contributed by atoms with Gasteiger partial charge in [-0.2, -0.15) is 0 Å². The third kappa shape index (κ3) is 5.99. The maximum absolute atomic E-state index is 11.5. The molecule has 1 aromatic rings. The van der Waals surface area contributed by atoms with Gasteiger partial charge in [0.2, 0.25) is 0 Å². The van der Waals surface area contributed by atoms with Gasteiger partial charge < -0.3 is 9.57 Å². The van der Waals surface area contributed by atoms with Crippen LogP contribution in [0.15, 0.2) is 41.6 Å². The van der Waals surface area contributed by atoms with Crippen LogP contribution in [-0.4, -0.2) is 29.8 Å². The first kappa shape index (κ1) is 16.8. The van der Waals surface area contributed by atoms with Crippen LogP contribution >= 0.6 is 0 Å². The summed E-state index contributed by atoms with van der Waals surface area (Å²) in [6, 6.07) is 5.76. The fourth-order valence-electron chi connectivity index (χ4n) is 2.09. The highest BCUT2D eigenvalue weighted by Crippen LogP contribution is 2.13. The molecule has 0 heterocycles. The Morgan fingerprint density at radius 3 is 2.83 bits per heavy atom. The molecule has 0 aromatic heterocycles. The third-order valence-electron chi connectivity index (χ3n) is 3.31. The lowest BCUT2D eigenvalue weighted by molar-refractivity contribution is -0.384. The highest BCUT2D eigenvalue weighted by molar-refractivity contribution is 5.80. The number of hydrogen-bond donors (Lipinski definition) is 0. The van der Waals surface area contributed by atoms with Gasteiger partial charge in [-0.1, -0.05) is 17.3 Å². The molecular weight excluding hydrogens is 300 g/mol. The predicted octanol–water partition coefficient (Wildman–Crippen LogP) is 2.99. The van der Waals surface area contributed by atoms with Crippen LogP contribution in [0.4, 0.5) is 5.69 Å². The van der Waals surface area contributed by atoms with Crippen molar-refractivity contribution in [1.29, 1.82) is 0 Å². The molecule has 1 aromatic carbocycles. The van der Waals surface area contributed by atoms with Gasteiger partial charge in [0.25, 0.3) is 5.69 Å². The zero-order chi connectivity index (χ0) is 16.5. The molecule has 0 amide bonds. The average molecular weight is 318 g/mol. The Morgan fingerprint density at radius 2 is 2.17 bits per heavy atom. The number of nitro benzene ring substituents is 1. The van der Waals surface area contributed by atoms with Gasteiger partial charge in [-0.15, -0.1) is 0 Å². The van der Waals surface area contributed by atoms with Gasteiger partial charge in [-0.3, -0.25) is 10.1 Å². The Morgan fingerprint density at radius 1 is 1.39 bits per heavy atom. The van der Waals surface area contributed by atoms with Crippen LogP contribution in [0.25, 0.3) is 0 Å². The number of nitro groups is 1. The third-order valence-corrected chi connectivity index (χ3v) is 3.31. The minimum Gasteiger partial charge on any atom is -0.374 e. The Bertz CT molecular complexity index is 595. The van der Waals surface area contributed by atoms with Gasteiger partial charge in [0.1, 0.15) is 0 Å². The van der Waals surface area contributed by atoms with Crippen molar-refractivity contribution in [2.75, 3.05) is 6.61 Å². The highest BCUT2D eigenvalue weighted by Gasteiger charge is 2.10. The second kappa shape index (κ2) is 8.79. The largest absolute Gasteiger partial charge is 0.374 e. The van der Waals surface area contributed by atoms with E-state index < -0.39 is 10.9 Å². The minimum atomic E-state index is -0.484. The van der Waals surface area contributed by atoms with Gasteiger partial charge >= 0.3 is 5.97 Å². The zero-order valence-corrected chi connectivity index (χ0v) is 12.6. The number of carbonyl (C=O) groups excluding carboxylic acids is 1. The molecular formula is C16H18N2O5. The van der Waals surface area contributed by atoms with Crippen LogP contribution in [-0.2, 0) is 14.4 Å². The lowest BCUT2D eigenvalue weighted by Gasteiger charge is -2.16. The molecule has 0 aliphatic heterocycles. The molecule has 23 heavy (non-hydrogen) atoms. The van der Waals surface area contributed by atoms with E-state index in [0.29, 0.717) is 12.2 Å². The summed E-state index contributed by atoms with van der Waals surface area (Å²) < 4.78 is 5.55. The van der Waals surface area contributed by atoms with E-state index in [1.807, 2.05) is 6.08 Å². The summed E-state index contributed by atoms with van der Waals surface area (Å²) in [5.74, 6) is -0.483. The number of hydrogen-bond acceptors (Lipinski definition) is 6. The Kier molecular flexibility index (Phi) is 6.43. The van der Waals surface area contributed by atoms with Gasteiger partial charge in [0.05, 0.1) is 30.3 Å². The molecule has 7 heteroatoms. The number of oxime groups is 1. The normalized spacial score (nSPS) is 17.3. The van der Waals surface area contributed by atoms with Gasteiger partial charge in [-0.05, 0) is 37.0 Å². The molecule has 122 valence electrons. The molecule has 0 spiro atoms. The van der Waals surface area contributed by atoms with Crippen LogP contribution in [0.1, 0.15) is 31.2 Å². The standard InChI is InChI=1S/C16H18N2O5/c19-16(10-11-22-15-4-2-1-3-5-15)23-17-12-13-6-8-14(9-7-13)18(20)21/h2,4,6-9,12,15H,1,3,5,10-11H2/b17-12+. The first-order valence-corrected chi connectivity index (χ1v) is 7.41. The predicted molar refractivity (Wildman–Crippen MR) is 84.1 cm³/mol. The molecule has 1 atom stereocenters. The average Bonchev–Trinajstić information content (AvgIpc) is 2.56. The number of benzene rings is 1.